The van der Waals surface area contributed by atoms with E-state index in [9.17, 15) is 0 Å². The predicted molar refractivity (Wildman–Crippen MR) is 61.5 cm³/mol. The van der Waals surface area contributed by atoms with Crippen LogP contribution in [0.4, 0.5) is 0 Å². The summed E-state index contributed by atoms with van der Waals surface area (Å²) < 4.78 is 2.08. The van der Waals surface area contributed by atoms with Gasteiger partial charge in [0, 0.05) is 25.8 Å². The summed E-state index contributed by atoms with van der Waals surface area (Å²) in [6, 6.07) is 0.719. The quantitative estimate of drug-likeness (QED) is 0.822. The van der Waals surface area contributed by atoms with Crippen molar-refractivity contribution in [2.75, 3.05) is 0 Å². The molecule has 0 radical (unpaired) electrons. The second kappa shape index (κ2) is 4.79. The zero-order valence-electron chi connectivity index (χ0n) is 9.74. The highest BCUT2D eigenvalue weighted by Gasteiger charge is 2.17. The summed E-state index contributed by atoms with van der Waals surface area (Å²) in [7, 11) is 2.05. The lowest BCUT2D eigenvalue weighted by Crippen LogP contribution is -2.32. The molecule has 3 nitrogen and oxygen atoms in total. The Balaban J connectivity index is 1.77. The van der Waals surface area contributed by atoms with Gasteiger partial charge in [0.2, 0.25) is 0 Å². The minimum atomic E-state index is 0.719. The van der Waals surface area contributed by atoms with Gasteiger partial charge in [0.05, 0.1) is 12.0 Å². The highest BCUT2D eigenvalue weighted by molar-refractivity contribution is 4.97. The van der Waals surface area contributed by atoms with Crippen LogP contribution in [0.25, 0.3) is 0 Å². The van der Waals surface area contributed by atoms with Crippen molar-refractivity contribution in [2.24, 2.45) is 13.0 Å². The van der Waals surface area contributed by atoms with E-state index in [1.54, 1.807) is 0 Å². The Morgan fingerprint density at radius 1 is 1.40 bits per heavy atom. The monoisotopic (exact) mass is 207 g/mol. The van der Waals surface area contributed by atoms with Crippen molar-refractivity contribution in [1.29, 1.82) is 0 Å². The van der Waals surface area contributed by atoms with Crippen LogP contribution in [-0.4, -0.2) is 15.6 Å². The van der Waals surface area contributed by atoms with Gasteiger partial charge in [0.25, 0.3) is 0 Å². The van der Waals surface area contributed by atoms with E-state index in [4.69, 9.17) is 0 Å². The van der Waals surface area contributed by atoms with Crippen LogP contribution in [0.3, 0.4) is 0 Å². The van der Waals surface area contributed by atoms with E-state index in [1.165, 1.54) is 31.4 Å². The number of hydrogen-bond donors (Lipinski definition) is 1. The second-order valence-corrected chi connectivity index (χ2v) is 4.83. The predicted octanol–water partition coefficient (Wildman–Crippen LogP) is 2.09. The molecule has 1 saturated carbocycles. The molecule has 2 rings (SSSR count). The van der Waals surface area contributed by atoms with Gasteiger partial charge < -0.3 is 9.88 Å². The molecule has 1 heterocycles. The maximum atomic E-state index is 4.12. The van der Waals surface area contributed by atoms with Crippen molar-refractivity contribution in [2.45, 2.75) is 45.2 Å². The largest absolute Gasteiger partial charge is 0.337 e. The van der Waals surface area contributed by atoms with E-state index in [1.807, 2.05) is 19.6 Å². The molecule has 1 aliphatic carbocycles. The first-order valence-corrected chi connectivity index (χ1v) is 5.94. The lowest BCUT2D eigenvalue weighted by Gasteiger charge is -2.27. The normalized spacial score (nSPS) is 26.8. The molecule has 1 aromatic rings. The third-order valence-electron chi connectivity index (χ3n) is 3.50. The van der Waals surface area contributed by atoms with Gasteiger partial charge in [0.1, 0.15) is 0 Å². The summed E-state index contributed by atoms with van der Waals surface area (Å²) >= 11 is 0. The average molecular weight is 207 g/mol. The summed E-state index contributed by atoms with van der Waals surface area (Å²) in [4.78, 5) is 4.12. The lowest BCUT2D eigenvalue weighted by molar-refractivity contribution is 0.305. The number of imidazole rings is 1. The van der Waals surface area contributed by atoms with Gasteiger partial charge in [-0.05, 0) is 31.6 Å². The summed E-state index contributed by atoms with van der Waals surface area (Å²) in [6.07, 6.45) is 9.22. The van der Waals surface area contributed by atoms with Crippen molar-refractivity contribution in [1.82, 2.24) is 14.9 Å². The molecule has 0 unspecified atom stereocenters. The first kappa shape index (κ1) is 10.7. The number of nitrogens with one attached hydrogen (secondary N) is 1. The SMILES string of the molecule is Cn1cncc1CN[C@H]1CC[C@H](C)CC1. The molecule has 0 aliphatic heterocycles. The molecule has 1 aromatic heterocycles. The summed E-state index contributed by atoms with van der Waals surface area (Å²) in [6.45, 7) is 3.31. The first-order chi connectivity index (χ1) is 7.25. The van der Waals surface area contributed by atoms with E-state index in [2.05, 4.69) is 21.8 Å². The van der Waals surface area contributed by atoms with Crippen molar-refractivity contribution in [3.05, 3.63) is 18.2 Å². The Morgan fingerprint density at radius 2 is 2.13 bits per heavy atom. The van der Waals surface area contributed by atoms with Gasteiger partial charge >= 0.3 is 0 Å². The van der Waals surface area contributed by atoms with E-state index in [-0.39, 0.29) is 0 Å². The fourth-order valence-electron chi connectivity index (χ4n) is 2.27. The fourth-order valence-corrected chi connectivity index (χ4v) is 2.27. The molecule has 0 spiro atoms. The molecule has 1 aliphatic rings. The molecule has 3 heteroatoms. The Bertz CT molecular complexity index is 298. The number of nitrogens with zero attached hydrogens (tertiary/aromatic N) is 2. The molecule has 0 atom stereocenters. The average Bonchev–Trinajstić information content (AvgIpc) is 2.63. The zero-order chi connectivity index (χ0) is 10.7. The molecular weight excluding hydrogens is 186 g/mol. The summed E-state index contributed by atoms with van der Waals surface area (Å²) in [5, 5.41) is 3.62. The van der Waals surface area contributed by atoms with Crippen LogP contribution in [-0.2, 0) is 13.6 Å². The Morgan fingerprint density at radius 3 is 2.73 bits per heavy atom. The zero-order valence-corrected chi connectivity index (χ0v) is 9.74. The highest BCUT2D eigenvalue weighted by atomic mass is 15.0. The number of aromatic nitrogens is 2. The van der Waals surface area contributed by atoms with Gasteiger partial charge in [-0.1, -0.05) is 6.92 Å². The highest BCUT2D eigenvalue weighted by Crippen LogP contribution is 2.23. The smallest absolute Gasteiger partial charge is 0.0945 e. The van der Waals surface area contributed by atoms with Gasteiger partial charge in [0.15, 0.2) is 0 Å². The molecule has 1 N–H and O–H groups in total. The van der Waals surface area contributed by atoms with Crippen LogP contribution < -0.4 is 5.32 Å². The van der Waals surface area contributed by atoms with Gasteiger partial charge in [-0.15, -0.1) is 0 Å². The molecule has 1 fully saturated rings. The summed E-state index contributed by atoms with van der Waals surface area (Å²) in [5.74, 6) is 0.930. The maximum Gasteiger partial charge on any atom is 0.0945 e. The molecule has 0 saturated heterocycles. The van der Waals surface area contributed by atoms with Gasteiger partial charge in [-0.3, -0.25) is 0 Å². The van der Waals surface area contributed by atoms with Crippen LogP contribution in [0.1, 0.15) is 38.3 Å². The summed E-state index contributed by atoms with van der Waals surface area (Å²) in [5.41, 5.74) is 1.27. The van der Waals surface area contributed by atoms with E-state index >= 15 is 0 Å². The third-order valence-corrected chi connectivity index (χ3v) is 3.50. The van der Waals surface area contributed by atoms with Crippen LogP contribution in [0, 0.1) is 5.92 Å². The van der Waals surface area contributed by atoms with E-state index < -0.39 is 0 Å². The Kier molecular flexibility index (Phi) is 3.41. The van der Waals surface area contributed by atoms with Crippen LogP contribution in [0.2, 0.25) is 0 Å². The fraction of sp³-hybridized carbons (Fsp3) is 0.750. The second-order valence-electron chi connectivity index (χ2n) is 4.83. The number of rotatable bonds is 3. The van der Waals surface area contributed by atoms with Crippen molar-refractivity contribution in [3.63, 3.8) is 0 Å². The number of hydrogen-bond acceptors (Lipinski definition) is 2. The maximum absolute atomic E-state index is 4.12. The molecular formula is C12H21N3. The first-order valence-electron chi connectivity index (χ1n) is 5.94. The van der Waals surface area contributed by atoms with Crippen molar-refractivity contribution in [3.8, 4) is 0 Å². The third kappa shape index (κ3) is 2.81. The molecule has 15 heavy (non-hydrogen) atoms. The lowest BCUT2D eigenvalue weighted by atomic mass is 9.87. The Labute approximate surface area is 91.9 Å². The molecule has 0 bridgehead atoms. The van der Waals surface area contributed by atoms with Crippen molar-refractivity contribution >= 4 is 0 Å². The van der Waals surface area contributed by atoms with Crippen LogP contribution in [0.5, 0.6) is 0 Å². The topological polar surface area (TPSA) is 29.9 Å². The Hall–Kier alpha value is -0.830. The molecule has 84 valence electrons. The molecule has 0 amide bonds. The van der Waals surface area contributed by atoms with Gasteiger partial charge in [-0.25, -0.2) is 4.98 Å². The van der Waals surface area contributed by atoms with Crippen molar-refractivity contribution < 1.29 is 0 Å². The van der Waals surface area contributed by atoms with E-state index in [0.29, 0.717) is 0 Å². The number of aryl methyl sites for hydroxylation is 1. The van der Waals surface area contributed by atoms with Crippen LogP contribution in [0.15, 0.2) is 12.5 Å². The van der Waals surface area contributed by atoms with Crippen LogP contribution >= 0.6 is 0 Å². The molecule has 0 aromatic carbocycles. The van der Waals surface area contributed by atoms with Gasteiger partial charge in [-0.2, -0.15) is 0 Å². The standard InChI is InChI=1S/C12H21N3/c1-10-3-5-11(6-4-10)14-8-12-7-13-9-15(12)2/h7,9-11,14H,3-6,8H2,1-2H3/t10-,11-. The minimum absolute atomic E-state index is 0.719. The minimum Gasteiger partial charge on any atom is -0.337 e. The van der Waals surface area contributed by atoms with E-state index in [0.717, 1.165) is 18.5 Å².